The molecular formula is C18H20O3S. The molecule has 0 radical (unpaired) electrons. The second-order valence-corrected chi connectivity index (χ2v) is 7.44. The number of ketones is 1. The lowest BCUT2D eigenvalue weighted by Crippen LogP contribution is -2.57. The first-order valence-electron chi connectivity index (χ1n) is 7.97. The highest BCUT2D eigenvalue weighted by Gasteiger charge is 2.58. The van der Waals surface area contributed by atoms with Crippen LogP contribution in [0.2, 0.25) is 0 Å². The van der Waals surface area contributed by atoms with Crippen LogP contribution in [0.4, 0.5) is 0 Å². The number of rotatable bonds is 2. The van der Waals surface area contributed by atoms with Gasteiger partial charge in [0.2, 0.25) is 0 Å². The first kappa shape index (κ1) is 14.5. The molecule has 1 saturated heterocycles. The van der Waals surface area contributed by atoms with E-state index in [0.29, 0.717) is 25.4 Å². The highest BCUT2D eigenvalue weighted by atomic mass is 32.2. The standard InChI is InChI=1S/C18H20O3S/c19-16-12-17(22-13-6-2-1-3-7-13)18(20-10-11-21-18)15-9-5-4-8-14(15)16/h1-7,14-15,17H,8-12H2/t14-,15+,17-/m0/s1. The molecule has 3 nitrogen and oxygen atoms in total. The summed E-state index contributed by atoms with van der Waals surface area (Å²) in [6, 6.07) is 10.2. The minimum atomic E-state index is -0.593. The smallest absolute Gasteiger partial charge is 0.184 e. The van der Waals surface area contributed by atoms with Gasteiger partial charge in [-0.2, -0.15) is 0 Å². The molecule has 2 fully saturated rings. The van der Waals surface area contributed by atoms with Crippen molar-refractivity contribution in [3.8, 4) is 0 Å². The Kier molecular flexibility index (Phi) is 3.84. The van der Waals surface area contributed by atoms with Crippen LogP contribution in [0.1, 0.15) is 19.3 Å². The minimum Gasteiger partial charge on any atom is -0.346 e. The van der Waals surface area contributed by atoms with Crippen molar-refractivity contribution in [3.05, 3.63) is 42.5 Å². The van der Waals surface area contributed by atoms with E-state index in [-0.39, 0.29) is 17.1 Å². The van der Waals surface area contributed by atoms with E-state index in [1.54, 1.807) is 11.8 Å². The average Bonchev–Trinajstić information content (AvgIpc) is 3.05. The predicted molar refractivity (Wildman–Crippen MR) is 85.7 cm³/mol. The van der Waals surface area contributed by atoms with Crippen LogP contribution in [0.5, 0.6) is 0 Å². The van der Waals surface area contributed by atoms with Crippen LogP contribution in [0.3, 0.4) is 0 Å². The number of thioether (sulfide) groups is 1. The Bertz CT molecular complexity index is 577. The Morgan fingerprint density at radius 2 is 1.77 bits per heavy atom. The number of allylic oxidation sites excluding steroid dienone is 2. The third-order valence-corrected chi connectivity index (χ3v) is 6.28. The van der Waals surface area contributed by atoms with Gasteiger partial charge in [-0.25, -0.2) is 0 Å². The first-order chi connectivity index (χ1) is 10.8. The molecule has 2 aliphatic carbocycles. The molecule has 0 N–H and O–H groups in total. The van der Waals surface area contributed by atoms with Gasteiger partial charge in [0.1, 0.15) is 5.78 Å². The van der Waals surface area contributed by atoms with Crippen LogP contribution in [0.25, 0.3) is 0 Å². The quantitative estimate of drug-likeness (QED) is 0.783. The van der Waals surface area contributed by atoms with Crippen molar-refractivity contribution >= 4 is 17.5 Å². The molecular weight excluding hydrogens is 296 g/mol. The predicted octanol–water partition coefficient (Wildman–Crippen LogP) is 3.45. The highest BCUT2D eigenvalue weighted by molar-refractivity contribution is 8.00. The lowest BCUT2D eigenvalue weighted by molar-refractivity contribution is -0.218. The number of fused-ring (bicyclic) bond motifs is 2. The number of hydrogen-bond donors (Lipinski definition) is 0. The van der Waals surface area contributed by atoms with Crippen molar-refractivity contribution in [2.45, 2.75) is 35.2 Å². The normalized spacial score (nSPS) is 33.1. The summed E-state index contributed by atoms with van der Waals surface area (Å²) in [5.41, 5.74) is 0. The summed E-state index contributed by atoms with van der Waals surface area (Å²) in [7, 11) is 0. The lowest BCUT2D eigenvalue weighted by atomic mass is 9.68. The largest absolute Gasteiger partial charge is 0.346 e. The maximum Gasteiger partial charge on any atom is 0.184 e. The van der Waals surface area contributed by atoms with Gasteiger partial charge in [-0.05, 0) is 25.0 Å². The Labute approximate surface area is 135 Å². The molecule has 1 saturated carbocycles. The second kappa shape index (κ2) is 5.84. The summed E-state index contributed by atoms with van der Waals surface area (Å²) < 4.78 is 12.3. The summed E-state index contributed by atoms with van der Waals surface area (Å²) in [6.45, 7) is 1.26. The first-order valence-corrected chi connectivity index (χ1v) is 8.85. The monoisotopic (exact) mass is 316 g/mol. The van der Waals surface area contributed by atoms with E-state index in [1.807, 2.05) is 18.2 Å². The molecule has 4 heteroatoms. The van der Waals surface area contributed by atoms with Gasteiger partial charge in [0.15, 0.2) is 5.79 Å². The molecule has 116 valence electrons. The van der Waals surface area contributed by atoms with Crippen molar-refractivity contribution in [2.75, 3.05) is 13.2 Å². The van der Waals surface area contributed by atoms with Crippen LogP contribution in [0.15, 0.2) is 47.4 Å². The summed E-state index contributed by atoms with van der Waals surface area (Å²) in [5, 5.41) is 0.0395. The fourth-order valence-electron chi connectivity index (χ4n) is 3.96. The van der Waals surface area contributed by atoms with Crippen molar-refractivity contribution in [1.82, 2.24) is 0 Å². The van der Waals surface area contributed by atoms with E-state index in [0.717, 1.165) is 12.8 Å². The zero-order valence-electron chi connectivity index (χ0n) is 12.4. The number of hydrogen-bond acceptors (Lipinski definition) is 4. The molecule has 1 aliphatic heterocycles. The number of ether oxygens (including phenoxy) is 2. The van der Waals surface area contributed by atoms with Crippen LogP contribution < -0.4 is 0 Å². The second-order valence-electron chi connectivity index (χ2n) is 6.16. The molecule has 0 aromatic heterocycles. The van der Waals surface area contributed by atoms with Crippen molar-refractivity contribution in [3.63, 3.8) is 0 Å². The van der Waals surface area contributed by atoms with Crippen LogP contribution in [-0.4, -0.2) is 30.0 Å². The van der Waals surface area contributed by atoms with E-state index in [1.165, 1.54) is 4.90 Å². The maximum absolute atomic E-state index is 12.6. The van der Waals surface area contributed by atoms with Crippen molar-refractivity contribution in [1.29, 1.82) is 0 Å². The summed E-state index contributed by atoms with van der Waals surface area (Å²) >= 11 is 1.73. The fourth-order valence-corrected chi connectivity index (χ4v) is 5.33. The van der Waals surface area contributed by atoms with Crippen LogP contribution in [0, 0.1) is 11.8 Å². The molecule has 3 atom stereocenters. The van der Waals surface area contributed by atoms with E-state index in [9.17, 15) is 4.79 Å². The molecule has 0 unspecified atom stereocenters. The minimum absolute atomic E-state index is 0.0395. The van der Waals surface area contributed by atoms with Gasteiger partial charge >= 0.3 is 0 Å². The fraction of sp³-hybridized carbons (Fsp3) is 0.500. The number of carbonyl (C=O) groups is 1. The van der Waals surface area contributed by atoms with E-state index >= 15 is 0 Å². The van der Waals surface area contributed by atoms with Crippen molar-refractivity contribution < 1.29 is 14.3 Å². The Hall–Kier alpha value is -1.10. The summed E-state index contributed by atoms with van der Waals surface area (Å²) in [5.74, 6) is -0.00480. The third kappa shape index (κ3) is 2.34. The number of benzene rings is 1. The summed E-state index contributed by atoms with van der Waals surface area (Å²) in [4.78, 5) is 13.8. The number of Topliss-reactive ketones (excluding diaryl/α,β-unsaturated/α-hetero) is 1. The average molecular weight is 316 g/mol. The Morgan fingerprint density at radius 1 is 1.05 bits per heavy atom. The molecule has 1 aromatic carbocycles. The molecule has 0 bridgehead atoms. The molecule has 4 rings (SSSR count). The van der Waals surface area contributed by atoms with Gasteiger partial charge in [-0.1, -0.05) is 30.4 Å². The lowest BCUT2D eigenvalue weighted by Gasteiger charge is -2.48. The van der Waals surface area contributed by atoms with E-state index in [4.69, 9.17) is 9.47 Å². The topological polar surface area (TPSA) is 35.5 Å². The van der Waals surface area contributed by atoms with Gasteiger partial charge in [0, 0.05) is 23.2 Å². The Balaban J connectivity index is 1.67. The third-order valence-electron chi connectivity index (χ3n) is 4.96. The van der Waals surface area contributed by atoms with Gasteiger partial charge in [0.25, 0.3) is 0 Å². The van der Waals surface area contributed by atoms with Gasteiger partial charge in [0.05, 0.1) is 18.5 Å². The molecule has 0 amide bonds. The zero-order chi connectivity index (χ0) is 15.0. The molecule has 1 spiro atoms. The molecule has 1 aromatic rings. The zero-order valence-corrected chi connectivity index (χ0v) is 13.3. The Morgan fingerprint density at radius 3 is 2.55 bits per heavy atom. The number of carbonyl (C=O) groups excluding carboxylic acids is 1. The van der Waals surface area contributed by atoms with Crippen LogP contribution in [-0.2, 0) is 14.3 Å². The SMILES string of the molecule is O=C1C[C@H](Sc2ccccc2)C2(OCCO2)[C@@H]2CC=CC[C@H]12. The van der Waals surface area contributed by atoms with E-state index in [2.05, 4.69) is 24.3 Å². The molecule has 3 aliphatic rings. The van der Waals surface area contributed by atoms with Crippen LogP contribution >= 0.6 is 11.8 Å². The molecule has 22 heavy (non-hydrogen) atoms. The molecule has 1 heterocycles. The van der Waals surface area contributed by atoms with Gasteiger partial charge in [-0.15, -0.1) is 11.8 Å². The summed E-state index contributed by atoms with van der Waals surface area (Å²) in [6.07, 6.45) is 6.56. The van der Waals surface area contributed by atoms with Crippen molar-refractivity contribution in [2.24, 2.45) is 11.8 Å². The highest BCUT2D eigenvalue weighted by Crippen LogP contribution is 2.52. The maximum atomic E-state index is 12.6. The van der Waals surface area contributed by atoms with Gasteiger partial charge < -0.3 is 9.47 Å². The van der Waals surface area contributed by atoms with Gasteiger partial charge in [-0.3, -0.25) is 4.79 Å². The van der Waals surface area contributed by atoms with E-state index < -0.39 is 5.79 Å².